The number of ketones is 1. The molecule has 2 fully saturated rings. The minimum absolute atomic E-state index is 0.0260. The van der Waals surface area contributed by atoms with Crippen molar-refractivity contribution >= 4 is 11.7 Å². The molecular weight excluding hydrogens is 238 g/mol. The SMILES string of the molecule is C=C(O)C(=O)/C=C\N1CC(=O)N2CCOC[C@H]2N1. The molecule has 0 radical (unpaired) electrons. The Morgan fingerprint density at radius 3 is 3.11 bits per heavy atom. The molecule has 7 nitrogen and oxygen atoms in total. The zero-order valence-electron chi connectivity index (χ0n) is 9.83. The number of nitrogens with zero attached hydrogens (tertiary/aromatic N) is 2. The van der Waals surface area contributed by atoms with Gasteiger partial charge in [0.05, 0.1) is 13.2 Å². The van der Waals surface area contributed by atoms with E-state index >= 15 is 0 Å². The van der Waals surface area contributed by atoms with E-state index < -0.39 is 11.5 Å². The van der Waals surface area contributed by atoms with Gasteiger partial charge in [-0.3, -0.25) is 9.59 Å². The van der Waals surface area contributed by atoms with E-state index in [-0.39, 0.29) is 18.6 Å². The minimum atomic E-state index is -0.591. The van der Waals surface area contributed by atoms with E-state index in [2.05, 4.69) is 12.0 Å². The number of nitrogens with one attached hydrogen (secondary N) is 1. The van der Waals surface area contributed by atoms with E-state index in [1.54, 1.807) is 4.90 Å². The van der Waals surface area contributed by atoms with Crippen molar-refractivity contribution in [2.75, 3.05) is 26.3 Å². The Morgan fingerprint density at radius 2 is 2.39 bits per heavy atom. The molecule has 0 bridgehead atoms. The Bertz CT molecular complexity index is 407. The first-order chi connectivity index (χ1) is 8.58. The molecule has 2 heterocycles. The summed E-state index contributed by atoms with van der Waals surface area (Å²) in [4.78, 5) is 24.7. The van der Waals surface area contributed by atoms with Gasteiger partial charge in [-0.25, -0.2) is 5.43 Å². The molecule has 0 spiro atoms. The fraction of sp³-hybridized carbons (Fsp3) is 0.455. The van der Waals surface area contributed by atoms with Gasteiger partial charge in [0.15, 0.2) is 5.76 Å². The maximum atomic E-state index is 11.8. The van der Waals surface area contributed by atoms with E-state index in [4.69, 9.17) is 9.84 Å². The molecule has 1 atom stereocenters. The molecule has 2 aliphatic heterocycles. The van der Waals surface area contributed by atoms with Gasteiger partial charge in [0.1, 0.15) is 12.7 Å². The number of fused-ring (bicyclic) bond motifs is 1. The Balaban J connectivity index is 1.98. The van der Waals surface area contributed by atoms with Gasteiger partial charge in [0, 0.05) is 18.8 Å². The van der Waals surface area contributed by atoms with Crippen LogP contribution in [0.3, 0.4) is 0 Å². The second-order valence-corrected chi connectivity index (χ2v) is 4.06. The zero-order valence-corrected chi connectivity index (χ0v) is 9.83. The molecule has 2 rings (SSSR count). The predicted octanol–water partition coefficient (Wildman–Crippen LogP) is -0.854. The first-order valence-corrected chi connectivity index (χ1v) is 5.58. The summed E-state index contributed by atoms with van der Waals surface area (Å²) in [5, 5.41) is 10.4. The zero-order chi connectivity index (χ0) is 13.1. The lowest BCUT2D eigenvalue weighted by atomic mass is 10.3. The smallest absolute Gasteiger partial charge is 0.245 e. The number of rotatable bonds is 3. The number of carbonyl (C=O) groups is 2. The van der Waals surface area contributed by atoms with Crippen LogP contribution in [0.1, 0.15) is 0 Å². The molecule has 0 aromatic heterocycles. The molecule has 2 aliphatic rings. The normalized spacial score (nSPS) is 24.2. The maximum absolute atomic E-state index is 11.8. The summed E-state index contributed by atoms with van der Waals surface area (Å²) in [5.74, 6) is -1.15. The molecule has 0 saturated carbocycles. The topological polar surface area (TPSA) is 82.1 Å². The molecule has 98 valence electrons. The first kappa shape index (κ1) is 12.6. The van der Waals surface area contributed by atoms with Crippen molar-refractivity contribution in [3.63, 3.8) is 0 Å². The number of hydrazine groups is 1. The predicted molar refractivity (Wildman–Crippen MR) is 62.1 cm³/mol. The summed E-state index contributed by atoms with van der Waals surface area (Å²) >= 11 is 0. The molecule has 2 N–H and O–H groups in total. The highest BCUT2D eigenvalue weighted by molar-refractivity contribution is 6.01. The number of hydrogen-bond donors (Lipinski definition) is 2. The van der Waals surface area contributed by atoms with E-state index in [9.17, 15) is 9.59 Å². The fourth-order valence-corrected chi connectivity index (χ4v) is 1.83. The number of ether oxygens (including phenoxy) is 1. The summed E-state index contributed by atoms with van der Waals surface area (Å²) < 4.78 is 5.27. The lowest BCUT2D eigenvalue weighted by Crippen LogP contribution is -2.65. The minimum Gasteiger partial charge on any atom is -0.505 e. The third-order valence-corrected chi connectivity index (χ3v) is 2.76. The van der Waals surface area contributed by atoms with Gasteiger partial charge in [0.2, 0.25) is 11.7 Å². The Hall–Kier alpha value is -1.86. The average Bonchev–Trinajstić information content (AvgIpc) is 2.36. The van der Waals surface area contributed by atoms with Crippen molar-refractivity contribution in [1.82, 2.24) is 15.3 Å². The van der Waals surface area contributed by atoms with Crippen LogP contribution in [0.5, 0.6) is 0 Å². The van der Waals surface area contributed by atoms with Crippen LogP contribution in [0, 0.1) is 0 Å². The Kier molecular flexibility index (Phi) is 3.63. The molecule has 18 heavy (non-hydrogen) atoms. The van der Waals surface area contributed by atoms with Gasteiger partial charge in [-0.15, -0.1) is 0 Å². The lowest BCUT2D eigenvalue weighted by molar-refractivity contribution is -0.153. The second kappa shape index (κ2) is 5.19. The number of aliphatic hydroxyl groups is 1. The van der Waals surface area contributed by atoms with E-state index in [1.807, 2.05) is 0 Å². The molecule has 2 saturated heterocycles. The quantitative estimate of drug-likeness (QED) is 0.503. The van der Waals surface area contributed by atoms with Crippen LogP contribution in [0.25, 0.3) is 0 Å². The Labute approximate surface area is 104 Å². The summed E-state index contributed by atoms with van der Waals surface area (Å²) in [6, 6.07) is 0. The van der Waals surface area contributed by atoms with Gasteiger partial charge < -0.3 is 19.8 Å². The first-order valence-electron chi connectivity index (χ1n) is 5.58. The monoisotopic (exact) mass is 253 g/mol. The number of amides is 1. The van der Waals surface area contributed by atoms with E-state index in [1.165, 1.54) is 11.2 Å². The number of morpholine rings is 1. The lowest BCUT2D eigenvalue weighted by Gasteiger charge is -2.43. The molecule has 0 aromatic rings. The van der Waals surface area contributed by atoms with Crippen molar-refractivity contribution in [3.8, 4) is 0 Å². The highest BCUT2D eigenvalue weighted by Gasteiger charge is 2.33. The number of hydrogen-bond acceptors (Lipinski definition) is 6. The highest BCUT2D eigenvalue weighted by atomic mass is 16.5. The maximum Gasteiger partial charge on any atom is 0.245 e. The third kappa shape index (κ3) is 2.69. The Morgan fingerprint density at radius 1 is 1.61 bits per heavy atom. The summed E-state index contributed by atoms with van der Waals surface area (Å²) in [6.45, 7) is 4.78. The number of carbonyl (C=O) groups excluding carboxylic acids is 2. The fourth-order valence-electron chi connectivity index (χ4n) is 1.83. The summed E-state index contributed by atoms with van der Waals surface area (Å²) in [7, 11) is 0. The molecular formula is C11H15N3O4. The van der Waals surface area contributed by atoms with Gasteiger partial charge in [-0.05, 0) is 0 Å². The molecule has 0 aromatic carbocycles. The molecule has 0 aliphatic carbocycles. The van der Waals surface area contributed by atoms with Crippen LogP contribution >= 0.6 is 0 Å². The van der Waals surface area contributed by atoms with Crippen LogP contribution in [-0.2, 0) is 14.3 Å². The van der Waals surface area contributed by atoms with Gasteiger partial charge in [0.25, 0.3) is 0 Å². The van der Waals surface area contributed by atoms with Crippen molar-refractivity contribution in [2.24, 2.45) is 0 Å². The van der Waals surface area contributed by atoms with Crippen LogP contribution in [0.2, 0.25) is 0 Å². The largest absolute Gasteiger partial charge is 0.505 e. The highest BCUT2D eigenvalue weighted by Crippen LogP contribution is 2.11. The average molecular weight is 253 g/mol. The van der Waals surface area contributed by atoms with Gasteiger partial charge in [-0.2, -0.15) is 0 Å². The van der Waals surface area contributed by atoms with Crippen molar-refractivity contribution in [2.45, 2.75) is 6.17 Å². The summed E-state index contributed by atoms with van der Waals surface area (Å²) in [5.41, 5.74) is 3.04. The van der Waals surface area contributed by atoms with Gasteiger partial charge >= 0.3 is 0 Å². The van der Waals surface area contributed by atoms with Crippen molar-refractivity contribution < 1.29 is 19.4 Å². The number of aliphatic hydroxyl groups excluding tert-OH is 1. The van der Waals surface area contributed by atoms with Crippen molar-refractivity contribution in [3.05, 3.63) is 24.6 Å². The van der Waals surface area contributed by atoms with Crippen molar-refractivity contribution in [1.29, 1.82) is 0 Å². The van der Waals surface area contributed by atoms with Crippen LogP contribution in [0.15, 0.2) is 24.6 Å². The van der Waals surface area contributed by atoms with E-state index in [0.717, 1.165) is 6.08 Å². The number of allylic oxidation sites excluding steroid dienone is 1. The molecule has 0 unspecified atom stereocenters. The molecule has 1 amide bonds. The van der Waals surface area contributed by atoms with E-state index in [0.29, 0.717) is 19.8 Å². The summed E-state index contributed by atoms with van der Waals surface area (Å²) in [6.07, 6.45) is 2.35. The van der Waals surface area contributed by atoms with Crippen LogP contribution in [0.4, 0.5) is 0 Å². The second-order valence-electron chi connectivity index (χ2n) is 4.06. The van der Waals surface area contributed by atoms with Crippen LogP contribution in [-0.4, -0.2) is 59.2 Å². The standard InChI is InChI=1S/C11H15N3O4/c1-8(15)9(16)2-3-13-6-11(17)14-4-5-18-7-10(14)12-13/h2-3,10,12,15H,1,4-7H2/b3-2-/t10-/m0/s1. The molecule has 7 heteroatoms. The van der Waals surface area contributed by atoms with Gasteiger partial charge in [-0.1, -0.05) is 6.58 Å². The third-order valence-electron chi connectivity index (χ3n) is 2.76. The van der Waals surface area contributed by atoms with Crippen LogP contribution < -0.4 is 5.43 Å².